The molecule has 0 aliphatic rings. The summed E-state index contributed by atoms with van der Waals surface area (Å²) in [4.78, 5) is 4.84. The van der Waals surface area contributed by atoms with Crippen LogP contribution in [-0.2, 0) is 27.1 Å². The van der Waals surface area contributed by atoms with Gasteiger partial charge in [0.1, 0.15) is 0 Å². The highest BCUT2D eigenvalue weighted by Gasteiger charge is 2.30. The van der Waals surface area contributed by atoms with Gasteiger partial charge in [-0.1, -0.05) is 304 Å². The summed E-state index contributed by atoms with van der Waals surface area (Å²) in [5.41, 5.74) is 21.0. The van der Waals surface area contributed by atoms with Crippen molar-refractivity contribution in [3.8, 4) is 44.5 Å². The topological polar surface area (TPSA) is 6.48 Å². The number of hydrogen-bond acceptors (Lipinski definition) is 2. The van der Waals surface area contributed by atoms with E-state index in [-0.39, 0.29) is 27.1 Å². The lowest BCUT2D eigenvalue weighted by atomic mass is 9.84. The molecular weight excluding hydrogens is 1100 g/mol. The van der Waals surface area contributed by atoms with Gasteiger partial charge in [0.25, 0.3) is 0 Å². The van der Waals surface area contributed by atoms with E-state index in [1.807, 2.05) is 0 Å². The molecule has 0 bridgehead atoms. The van der Waals surface area contributed by atoms with Crippen LogP contribution in [0.5, 0.6) is 0 Å². The van der Waals surface area contributed by atoms with Gasteiger partial charge in [-0.3, -0.25) is 0 Å². The van der Waals surface area contributed by atoms with Crippen LogP contribution in [0.3, 0.4) is 0 Å². The van der Waals surface area contributed by atoms with E-state index in [0.717, 1.165) is 73.1 Å². The van der Waals surface area contributed by atoms with Gasteiger partial charge in [-0.25, -0.2) is 0 Å². The van der Waals surface area contributed by atoms with Gasteiger partial charge in [-0.15, -0.1) is 0 Å². The van der Waals surface area contributed by atoms with Crippen molar-refractivity contribution in [1.29, 1.82) is 0 Å². The highest BCUT2D eigenvalue weighted by atomic mass is 35.5. The van der Waals surface area contributed by atoms with Gasteiger partial charge in [0.15, 0.2) is 0 Å². The van der Waals surface area contributed by atoms with Gasteiger partial charge >= 0.3 is 0 Å². The Balaban J connectivity index is 1.14. The molecular formula is C86H85ClN2. The Labute approximate surface area is 535 Å². The Morgan fingerprint density at radius 2 is 0.562 bits per heavy atom. The second kappa shape index (κ2) is 23.0. The molecule has 2 nitrogen and oxygen atoms in total. The smallest absolute Gasteiger partial charge is 0.0887 e. The molecule has 0 saturated heterocycles. The minimum absolute atomic E-state index is 0.0127. The maximum atomic E-state index is 8.54. The number of fused-ring (bicyclic) bond motifs is 6. The SMILES string of the molecule is CC(C)(C)c1ccc(-c2ccc(N(c3ccc(C(C)(C)C)cc3-c3ccc4c5ccccc5c5ccccc5c4c3)c3cccc(N(c4ccc(C(C)(C)C)cc4)c4c(-c5ccc(C(C)(C)C)cc5)cccc4-c4ccc(C(C)(C)C)cc4)c3Cl)cc2)cc1. The highest BCUT2D eigenvalue weighted by molar-refractivity contribution is 6.37. The molecule has 446 valence electrons. The van der Waals surface area contributed by atoms with E-state index < -0.39 is 0 Å². The quantitative estimate of drug-likeness (QED) is 0.126. The van der Waals surface area contributed by atoms with Crippen LogP contribution < -0.4 is 9.80 Å². The summed E-state index contributed by atoms with van der Waals surface area (Å²) < 4.78 is 0. The van der Waals surface area contributed by atoms with E-state index in [4.69, 9.17) is 11.6 Å². The van der Waals surface area contributed by atoms with Crippen LogP contribution in [0.1, 0.15) is 132 Å². The third-order valence-corrected chi connectivity index (χ3v) is 18.6. The van der Waals surface area contributed by atoms with E-state index in [1.165, 1.54) is 65.7 Å². The van der Waals surface area contributed by atoms with Crippen molar-refractivity contribution in [3.63, 3.8) is 0 Å². The summed E-state index contributed by atoms with van der Waals surface area (Å²) in [5.74, 6) is 0. The molecule has 0 saturated carbocycles. The van der Waals surface area contributed by atoms with Gasteiger partial charge in [-0.05, 0) is 170 Å². The summed E-state index contributed by atoms with van der Waals surface area (Å²) in [6.45, 7) is 34.3. The molecule has 12 aromatic rings. The number of nitrogens with zero attached hydrogens (tertiary/aromatic N) is 2. The number of para-hydroxylation sites is 1. The van der Waals surface area contributed by atoms with Crippen molar-refractivity contribution in [2.45, 2.75) is 131 Å². The predicted octanol–water partition coefficient (Wildman–Crippen LogP) is 25.9. The van der Waals surface area contributed by atoms with Gasteiger partial charge in [0.2, 0.25) is 0 Å². The molecule has 0 atom stereocenters. The predicted molar refractivity (Wildman–Crippen MR) is 389 cm³/mol. The summed E-state index contributed by atoms with van der Waals surface area (Å²) >= 11 is 8.54. The number of halogens is 1. The zero-order valence-electron chi connectivity index (χ0n) is 54.9. The number of rotatable bonds is 10. The van der Waals surface area contributed by atoms with Crippen LogP contribution in [0.4, 0.5) is 34.1 Å². The number of benzene rings is 12. The highest BCUT2D eigenvalue weighted by Crippen LogP contribution is 2.54. The normalized spacial score (nSPS) is 12.5. The summed E-state index contributed by atoms with van der Waals surface area (Å²) in [7, 11) is 0. The first-order valence-electron chi connectivity index (χ1n) is 31.8. The molecule has 0 heterocycles. The first-order chi connectivity index (χ1) is 42.2. The van der Waals surface area contributed by atoms with E-state index in [2.05, 4.69) is 356 Å². The largest absolute Gasteiger partial charge is 0.308 e. The fraction of sp³-hybridized carbons (Fsp3) is 0.233. The van der Waals surface area contributed by atoms with Crippen molar-refractivity contribution in [1.82, 2.24) is 0 Å². The zero-order chi connectivity index (χ0) is 63.0. The molecule has 12 aromatic carbocycles. The van der Waals surface area contributed by atoms with Crippen molar-refractivity contribution in [2.24, 2.45) is 0 Å². The second-order valence-corrected chi connectivity index (χ2v) is 30.0. The molecule has 0 amide bonds. The lowest BCUT2D eigenvalue weighted by molar-refractivity contribution is 0.590. The van der Waals surface area contributed by atoms with Crippen LogP contribution in [0, 0.1) is 0 Å². The molecule has 89 heavy (non-hydrogen) atoms. The maximum Gasteiger partial charge on any atom is 0.0887 e. The van der Waals surface area contributed by atoms with Crippen molar-refractivity contribution in [2.75, 3.05) is 9.80 Å². The van der Waals surface area contributed by atoms with Crippen LogP contribution >= 0.6 is 11.6 Å². The maximum absolute atomic E-state index is 8.54. The summed E-state index contributed by atoms with van der Waals surface area (Å²) in [5, 5.41) is 8.08. The van der Waals surface area contributed by atoms with Gasteiger partial charge in [-0.2, -0.15) is 0 Å². The van der Waals surface area contributed by atoms with E-state index in [9.17, 15) is 0 Å². The second-order valence-electron chi connectivity index (χ2n) is 29.6. The summed E-state index contributed by atoms with van der Waals surface area (Å²) in [6.07, 6.45) is 0. The molecule has 0 radical (unpaired) electrons. The van der Waals surface area contributed by atoms with Crippen LogP contribution in [0.25, 0.3) is 76.8 Å². The molecule has 0 spiro atoms. The van der Waals surface area contributed by atoms with Gasteiger partial charge in [0, 0.05) is 28.1 Å². The Hall–Kier alpha value is -8.69. The zero-order valence-corrected chi connectivity index (χ0v) is 55.6. The first-order valence-corrected chi connectivity index (χ1v) is 32.1. The van der Waals surface area contributed by atoms with Crippen LogP contribution in [0.2, 0.25) is 5.02 Å². The Morgan fingerprint density at radius 1 is 0.236 bits per heavy atom. The molecule has 12 rings (SSSR count). The monoisotopic (exact) mass is 1180 g/mol. The van der Waals surface area contributed by atoms with Crippen molar-refractivity contribution < 1.29 is 0 Å². The van der Waals surface area contributed by atoms with Crippen molar-refractivity contribution in [3.05, 3.63) is 275 Å². The molecule has 0 fully saturated rings. The molecule has 0 aliphatic heterocycles. The third-order valence-electron chi connectivity index (χ3n) is 18.2. The minimum atomic E-state index is -0.145. The Kier molecular flexibility index (Phi) is 15.7. The lowest BCUT2D eigenvalue weighted by Crippen LogP contribution is -2.17. The number of anilines is 6. The third kappa shape index (κ3) is 11.9. The fourth-order valence-electron chi connectivity index (χ4n) is 12.8. The molecule has 0 aromatic heterocycles. The Bertz CT molecular complexity index is 4460. The van der Waals surface area contributed by atoms with E-state index in [0.29, 0.717) is 5.02 Å². The summed E-state index contributed by atoms with van der Waals surface area (Å²) in [6, 6.07) is 91.0. The molecule has 0 unspecified atom stereocenters. The van der Waals surface area contributed by atoms with Gasteiger partial charge < -0.3 is 9.80 Å². The lowest BCUT2D eigenvalue weighted by Gasteiger charge is -2.34. The number of hydrogen-bond donors (Lipinski definition) is 0. The van der Waals surface area contributed by atoms with Crippen LogP contribution in [-0.4, -0.2) is 0 Å². The fourth-order valence-corrected chi connectivity index (χ4v) is 13.1. The molecule has 0 aliphatic carbocycles. The van der Waals surface area contributed by atoms with E-state index in [1.54, 1.807) is 0 Å². The van der Waals surface area contributed by atoms with E-state index >= 15 is 0 Å². The molecule has 3 heteroatoms. The minimum Gasteiger partial charge on any atom is -0.308 e. The van der Waals surface area contributed by atoms with Crippen LogP contribution in [0.15, 0.2) is 243 Å². The van der Waals surface area contributed by atoms with Crippen molar-refractivity contribution >= 4 is 78.0 Å². The standard InChI is InChI=1S/C86H85ClN2/c1-82(2,3)61-39-30-56(31-40-61)57-36-48-66(49-37-57)88(77-53-47-65(86(13,14)15)55-75(77)60-38-52-74-72-24-17-16-22-70(72)71-23-18-19-25-73(71)76(74)54-60)78-28-21-29-79(80(78)87)89(67-50-45-64(46-51-67)85(10,11)12)81-68(58-32-41-62(42-33-58)83(4,5)6)26-20-27-69(81)59-34-43-63(44-35-59)84(7,8)9/h16-55H,1-15H3. The first kappa shape index (κ1) is 60.6. The Morgan fingerprint density at radius 3 is 1.00 bits per heavy atom. The van der Waals surface area contributed by atoms with Gasteiger partial charge in [0.05, 0.1) is 27.8 Å². The molecule has 0 N–H and O–H groups in total. The average Bonchev–Trinajstić information content (AvgIpc) is 0.865. The average molecular weight is 1180 g/mol.